The van der Waals surface area contributed by atoms with Crippen molar-refractivity contribution < 1.29 is 9.53 Å². The molecule has 0 N–H and O–H groups in total. The number of carbonyl (C=O) groups is 1. The third kappa shape index (κ3) is 5.42. The average Bonchev–Trinajstić information content (AvgIpc) is 3.55. The predicted octanol–water partition coefficient (Wildman–Crippen LogP) is 9.24. The minimum atomic E-state index is -0.106. The van der Waals surface area contributed by atoms with Gasteiger partial charge in [-0.3, -0.25) is 14.5 Å². The van der Waals surface area contributed by atoms with Crippen LogP contribution in [0.4, 0.5) is 5.69 Å². The van der Waals surface area contributed by atoms with E-state index in [2.05, 4.69) is 22.5 Å². The lowest BCUT2D eigenvalue weighted by Crippen LogP contribution is -2.42. The summed E-state index contributed by atoms with van der Waals surface area (Å²) in [7, 11) is 1.93. The number of ether oxygens (including phenoxy) is 1. The number of pyridine rings is 1. The first-order valence-electron chi connectivity index (χ1n) is 16.4. The van der Waals surface area contributed by atoms with Crippen molar-refractivity contribution in [1.29, 1.82) is 5.26 Å². The number of aryl methyl sites for hydroxylation is 5. The van der Waals surface area contributed by atoms with Crippen molar-refractivity contribution in [3.63, 3.8) is 0 Å². The molecular formula is C39H36Cl2N6O2. The number of benzene rings is 3. The van der Waals surface area contributed by atoms with Gasteiger partial charge in [-0.15, -0.1) is 0 Å². The van der Waals surface area contributed by atoms with Crippen LogP contribution < -0.4 is 9.64 Å². The molecule has 0 saturated heterocycles. The summed E-state index contributed by atoms with van der Waals surface area (Å²) < 4.78 is 10.3. The highest BCUT2D eigenvalue weighted by molar-refractivity contribution is 6.35. The Morgan fingerprint density at radius 1 is 1.00 bits per heavy atom. The number of aromatic nitrogens is 4. The van der Waals surface area contributed by atoms with E-state index in [1.54, 1.807) is 12.3 Å². The molecule has 0 radical (unpaired) electrons. The second kappa shape index (κ2) is 12.6. The lowest BCUT2D eigenvalue weighted by Gasteiger charge is -2.35. The molecule has 3 aromatic heterocycles. The highest BCUT2D eigenvalue weighted by Gasteiger charge is 2.37. The van der Waals surface area contributed by atoms with Gasteiger partial charge < -0.3 is 14.2 Å². The molecule has 0 fully saturated rings. The minimum absolute atomic E-state index is 0.0999. The first-order valence-corrected chi connectivity index (χ1v) is 17.1. The standard InChI is InChI=1S/C39H36Cl2N6O2/c1-21-16-27(17-22(2)36(21)41)49-15-7-8-28-29-10-11-31(40)35(34-24(4)44-45(6)25(34)5)37(29)47-23(3)20-46(39(48)38(28)47)33-13-14-43-32-12-9-26(19-42)18-30(32)33/h9-14,16-18,23H,7-8,15,20H2,1-6H3/t23-/m1/s1. The Morgan fingerprint density at radius 3 is 2.45 bits per heavy atom. The molecule has 1 aliphatic heterocycles. The summed E-state index contributed by atoms with van der Waals surface area (Å²) in [6.45, 7) is 11.0. The van der Waals surface area contributed by atoms with Gasteiger partial charge in [-0.1, -0.05) is 29.3 Å². The molecule has 10 heteroatoms. The third-order valence-electron chi connectivity index (χ3n) is 9.70. The second-order valence-electron chi connectivity index (χ2n) is 12.9. The number of rotatable bonds is 7. The molecule has 0 aliphatic carbocycles. The highest BCUT2D eigenvalue weighted by Crippen LogP contribution is 2.45. The summed E-state index contributed by atoms with van der Waals surface area (Å²) in [6, 6.07) is 17.3. The minimum Gasteiger partial charge on any atom is -0.494 e. The van der Waals surface area contributed by atoms with Gasteiger partial charge in [0.2, 0.25) is 0 Å². The zero-order valence-electron chi connectivity index (χ0n) is 28.4. The molecule has 8 nitrogen and oxygen atoms in total. The SMILES string of the molecule is Cc1cc(OCCCc2c3n(c4c(-c5c(C)nn(C)c5C)c(Cl)ccc24)[C@H](C)CN(c2ccnc4ccc(C#N)cc24)C3=O)cc(C)c1Cl. The van der Waals surface area contributed by atoms with E-state index in [4.69, 9.17) is 33.0 Å². The number of fused-ring (bicyclic) bond motifs is 4. The van der Waals surface area contributed by atoms with E-state index in [1.165, 1.54) is 0 Å². The van der Waals surface area contributed by atoms with Gasteiger partial charge in [0.25, 0.3) is 5.91 Å². The quantitative estimate of drug-likeness (QED) is 0.156. The maximum atomic E-state index is 14.9. The van der Waals surface area contributed by atoms with Crippen LogP contribution in [0, 0.1) is 39.0 Å². The van der Waals surface area contributed by atoms with Crippen molar-refractivity contribution in [3.05, 3.63) is 104 Å². The molecule has 1 amide bonds. The van der Waals surface area contributed by atoms with Crippen molar-refractivity contribution in [2.75, 3.05) is 18.1 Å². The fraction of sp³-hybridized carbons (Fsp3) is 0.282. The van der Waals surface area contributed by atoms with Crippen LogP contribution in [0.15, 0.2) is 54.7 Å². The van der Waals surface area contributed by atoms with E-state index < -0.39 is 0 Å². The van der Waals surface area contributed by atoms with Gasteiger partial charge in [-0.2, -0.15) is 10.4 Å². The van der Waals surface area contributed by atoms with Gasteiger partial charge >= 0.3 is 0 Å². The lowest BCUT2D eigenvalue weighted by atomic mass is 9.98. The van der Waals surface area contributed by atoms with Crippen molar-refractivity contribution >= 4 is 56.6 Å². The summed E-state index contributed by atoms with van der Waals surface area (Å²) in [4.78, 5) is 21.3. The predicted molar refractivity (Wildman–Crippen MR) is 196 cm³/mol. The van der Waals surface area contributed by atoms with E-state index in [0.29, 0.717) is 42.3 Å². The molecule has 0 spiro atoms. The molecule has 6 aromatic rings. The Labute approximate surface area is 295 Å². The van der Waals surface area contributed by atoms with Gasteiger partial charge in [0.1, 0.15) is 11.4 Å². The summed E-state index contributed by atoms with van der Waals surface area (Å²) in [6.07, 6.45) is 3.01. The molecule has 7 rings (SSSR count). The highest BCUT2D eigenvalue weighted by atomic mass is 35.5. The van der Waals surface area contributed by atoms with Crippen LogP contribution in [0.25, 0.3) is 32.9 Å². The Morgan fingerprint density at radius 2 is 1.76 bits per heavy atom. The molecule has 0 saturated carbocycles. The molecule has 0 bridgehead atoms. The Bertz CT molecular complexity index is 2340. The lowest BCUT2D eigenvalue weighted by molar-refractivity contribution is 0.0957. The van der Waals surface area contributed by atoms with Crippen molar-refractivity contribution in [2.45, 2.75) is 53.5 Å². The van der Waals surface area contributed by atoms with Crippen LogP contribution in [-0.4, -0.2) is 38.4 Å². The number of carbonyl (C=O) groups excluding carboxylic acids is 1. The summed E-state index contributed by atoms with van der Waals surface area (Å²) >= 11 is 13.5. The monoisotopic (exact) mass is 690 g/mol. The van der Waals surface area contributed by atoms with E-state index in [0.717, 1.165) is 77.5 Å². The second-order valence-corrected chi connectivity index (χ2v) is 13.7. The molecule has 4 heterocycles. The fourth-order valence-corrected chi connectivity index (χ4v) is 7.73. The number of anilines is 1. The van der Waals surface area contributed by atoms with Crippen LogP contribution in [-0.2, 0) is 13.5 Å². The first-order chi connectivity index (χ1) is 23.5. The normalized spacial score (nSPS) is 14.5. The molecule has 1 atom stereocenters. The number of nitriles is 1. The Balaban J connectivity index is 1.38. The zero-order valence-corrected chi connectivity index (χ0v) is 29.9. The van der Waals surface area contributed by atoms with Gasteiger partial charge in [-0.05, 0) is 107 Å². The Hall–Kier alpha value is -4.84. The van der Waals surface area contributed by atoms with Crippen molar-refractivity contribution in [1.82, 2.24) is 19.3 Å². The largest absolute Gasteiger partial charge is 0.494 e. The van der Waals surface area contributed by atoms with E-state index in [1.807, 2.05) is 86.8 Å². The van der Waals surface area contributed by atoms with E-state index in [9.17, 15) is 10.1 Å². The molecular weight excluding hydrogens is 655 g/mol. The molecule has 248 valence electrons. The zero-order chi connectivity index (χ0) is 34.7. The van der Waals surface area contributed by atoms with Gasteiger partial charge in [0.05, 0.1) is 45.7 Å². The number of halogens is 2. The van der Waals surface area contributed by atoms with Gasteiger partial charge in [-0.25, -0.2) is 0 Å². The number of nitrogens with zero attached hydrogens (tertiary/aromatic N) is 6. The van der Waals surface area contributed by atoms with Crippen LogP contribution in [0.2, 0.25) is 10.0 Å². The van der Waals surface area contributed by atoms with Crippen molar-refractivity contribution in [3.8, 4) is 22.9 Å². The smallest absolute Gasteiger partial charge is 0.275 e. The van der Waals surface area contributed by atoms with Crippen molar-refractivity contribution in [2.24, 2.45) is 7.05 Å². The first kappa shape index (κ1) is 32.7. The molecule has 0 unspecified atom stereocenters. The molecule has 1 aliphatic rings. The topological polar surface area (TPSA) is 89.0 Å². The van der Waals surface area contributed by atoms with Crippen LogP contribution >= 0.6 is 23.2 Å². The number of hydrogen-bond acceptors (Lipinski definition) is 5. The third-order valence-corrected chi connectivity index (χ3v) is 10.6. The Kier molecular flexibility index (Phi) is 8.38. The van der Waals surface area contributed by atoms with E-state index >= 15 is 0 Å². The average molecular weight is 692 g/mol. The van der Waals surface area contributed by atoms with E-state index in [-0.39, 0.29) is 11.9 Å². The van der Waals surface area contributed by atoms with Gasteiger partial charge in [0, 0.05) is 58.4 Å². The van der Waals surface area contributed by atoms with Crippen LogP contribution in [0.3, 0.4) is 0 Å². The summed E-state index contributed by atoms with van der Waals surface area (Å²) in [5, 5.41) is 17.5. The van der Waals surface area contributed by atoms with Crippen LogP contribution in [0.1, 0.15) is 63.5 Å². The summed E-state index contributed by atoms with van der Waals surface area (Å²) in [5.74, 6) is 0.669. The van der Waals surface area contributed by atoms with Crippen LogP contribution in [0.5, 0.6) is 5.75 Å². The summed E-state index contributed by atoms with van der Waals surface area (Å²) in [5.41, 5.74) is 10.2. The number of amides is 1. The number of hydrogen-bond donors (Lipinski definition) is 0. The molecule has 3 aromatic carbocycles. The maximum Gasteiger partial charge on any atom is 0.275 e. The van der Waals surface area contributed by atoms with Gasteiger partial charge in [0.15, 0.2) is 0 Å². The fourth-order valence-electron chi connectivity index (χ4n) is 7.37. The maximum absolute atomic E-state index is 14.9. The molecule has 49 heavy (non-hydrogen) atoms.